The second kappa shape index (κ2) is 18.8. The Kier molecular flexibility index (Phi) is 17.6. The van der Waals surface area contributed by atoms with Gasteiger partial charge < -0.3 is 43.9 Å². The Balaban J connectivity index is 5.43. The Bertz CT molecular complexity index is 1050. The number of alkyl carbamates (subject to hydrolysis) is 1. The molecule has 254 valence electrons. The van der Waals surface area contributed by atoms with Crippen LogP contribution >= 0.6 is 7.60 Å². The van der Waals surface area contributed by atoms with Gasteiger partial charge in [0.1, 0.15) is 32.2 Å². The van der Waals surface area contributed by atoms with Gasteiger partial charge in [0.05, 0.1) is 48.8 Å². The molecule has 44 heavy (non-hydrogen) atoms. The number of aliphatic hydroxyl groups is 1. The number of esters is 3. The van der Waals surface area contributed by atoms with Gasteiger partial charge in [-0.05, 0) is 53.9 Å². The van der Waals surface area contributed by atoms with Crippen LogP contribution in [0.4, 0.5) is 4.79 Å². The van der Waals surface area contributed by atoms with Gasteiger partial charge in [0.2, 0.25) is 0 Å². The van der Waals surface area contributed by atoms with Crippen molar-refractivity contribution in [3.63, 3.8) is 0 Å². The van der Waals surface area contributed by atoms with Gasteiger partial charge in [0, 0.05) is 5.57 Å². The molecular formula is C28H48NO14P. The number of nitrogens with one attached hydrogen (secondary N) is 1. The first-order valence-corrected chi connectivity index (χ1v) is 15.9. The summed E-state index contributed by atoms with van der Waals surface area (Å²) in [6.45, 7) is 10.5. The fourth-order valence-electron chi connectivity index (χ4n) is 4.45. The fourth-order valence-corrected chi connectivity index (χ4v) is 4.82. The number of Topliss-reactive ketones (excluding diaryl/α,β-unsaturated/α-hetero) is 1. The number of ketones is 1. The molecule has 0 saturated carbocycles. The average molecular weight is 654 g/mol. The lowest BCUT2D eigenvalue weighted by atomic mass is 9.63. The quantitative estimate of drug-likeness (QED) is 0.0431. The van der Waals surface area contributed by atoms with Gasteiger partial charge >= 0.3 is 31.6 Å². The van der Waals surface area contributed by atoms with Gasteiger partial charge in [-0.25, -0.2) is 9.59 Å². The summed E-state index contributed by atoms with van der Waals surface area (Å²) in [4.78, 5) is 80.5. The van der Waals surface area contributed by atoms with Crippen molar-refractivity contribution >= 4 is 37.4 Å². The lowest BCUT2D eigenvalue weighted by molar-refractivity contribution is -0.167. The van der Waals surface area contributed by atoms with Gasteiger partial charge in [-0.2, -0.15) is 0 Å². The van der Waals surface area contributed by atoms with Crippen molar-refractivity contribution in [2.45, 2.75) is 60.8 Å². The highest BCUT2D eigenvalue weighted by molar-refractivity contribution is 7.51. The van der Waals surface area contributed by atoms with Gasteiger partial charge in [0.25, 0.3) is 0 Å². The minimum Gasteiger partial charge on any atom is -0.463 e. The molecule has 0 aliphatic heterocycles. The molecule has 0 heterocycles. The topological polar surface area (TPSA) is 221 Å². The highest BCUT2D eigenvalue weighted by Crippen LogP contribution is 2.46. The molecule has 0 fully saturated rings. The van der Waals surface area contributed by atoms with Crippen LogP contribution in [0.1, 0.15) is 60.8 Å². The van der Waals surface area contributed by atoms with E-state index in [0.717, 1.165) is 0 Å². The van der Waals surface area contributed by atoms with Crippen molar-refractivity contribution in [3.8, 4) is 0 Å². The third-order valence-electron chi connectivity index (χ3n) is 6.76. The van der Waals surface area contributed by atoms with Crippen molar-refractivity contribution in [1.82, 2.24) is 5.32 Å². The Labute approximate surface area is 258 Å². The van der Waals surface area contributed by atoms with Gasteiger partial charge in [-0.1, -0.05) is 13.5 Å². The van der Waals surface area contributed by atoms with E-state index >= 15 is 0 Å². The smallest absolute Gasteiger partial charge is 0.407 e. The molecule has 1 amide bonds. The lowest BCUT2D eigenvalue weighted by Crippen LogP contribution is -2.46. The summed E-state index contributed by atoms with van der Waals surface area (Å²) < 4.78 is 36.9. The van der Waals surface area contributed by atoms with Crippen molar-refractivity contribution in [2.24, 2.45) is 16.2 Å². The van der Waals surface area contributed by atoms with E-state index in [9.17, 15) is 33.6 Å². The monoisotopic (exact) mass is 653 g/mol. The van der Waals surface area contributed by atoms with Crippen LogP contribution in [0, 0.1) is 16.2 Å². The summed E-state index contributed by atoms with van der Waals surface area (Å²) in [7, 11) is -4.33. The van der Waals surface area contributed by atoms with Crippen LogP contribution in [-0.2, 0) is 47.4 Å². The summed E-state index contributed by atoms with van der Waals surface area (Å²) in [5, 5.41) is 11.6. The fraction of sp³-hybridized carbons (Fsp3) is 0.750. The van der Waals surface area contributed by atoms with E-state index in [-0.39, 0.29) is 76.8 Å². The second-order valence-corrected chi connectivity index (χ2v) is 13.2. The Morgan fingerprint density at radius 2 is 1.43 bits per heavy atom. The molecule has 1 unspecified atom stereocenters. The van der Waals surface area contributed by atoms with E-state index in [2.05, 4.69) is 11.9 Å². The number of aliphatic hydroxyl groups excluding tert-OH is 1. The molecule has 0 saturated heterocycles. The molecule has 0 aromatic rings. The molecule has 0 spiro atoms. The third-order valence-corrected chi connectivity index (χ3v) is 7.53. The summed E-state index contributed by atoms with van der Waals surface area (Å²) in [6.07, 6.45) is -1.44. The van der Waals surface area contributed by atoms with Crippen LogP contribution in [0.15, 0.2) is 12.2 Å². The van der Waals surface area contributed by atoms with Crippen LogP contribution in [0.3, 0.4) is 0 Å². The van der Waals surface area contributed by atoms with E-state index in [1.807, 2.05) is 0 Å². The van der Waals surface area contributed by atoms with Crippen molar-refractivity contribution in [2.75, 3.05) is 59.0 Å². The van der Waals surface area contributed by atoms with Gasteiger partial charge in [0.15, 0.2) is 0 Å². The standard InChI is InChI=1S/C28H48NO14P/c1-8-28(21(4)31,19-39-15-16-44(36,37)38)18-27(7,24(34)41-12-10-30)17-26(5,6)23(33)42-13-14-43-25(35)29-9-11-40-22(32)20(2)3/h30H,2,8-19H2,1,3-7H3,(H,29,35)(H2,36,37,38)/t27?,28-/m0/s1. The SMILES string of the molecule is C=C(C)C(=O)OCCNC(=O)OCCOC(=O)C(C)(C)CC(C)(C[C@@](CC)(COCCP(=O)(O)O)C(C)=O)C(=O)OCCO. The van der Waals surface area contributed by atoms with Crippen LogP contribution in [0.5, 0.6) is 0 Å². The largest absolute Gasteiger partial charge is 0.463 e. The average Bonchev–Trinajstić information content (AvgIpc) is 2.92. The number of rotatable bonds is 22. The Hall–Kier alpha value is -2.84. The van der Waals surface area contributed by atoms with E-state index in [1.165, 1.54) is 34.6 Å². The molecular weight excluding hydrogens is 605 g/mol. The minimum atomic E-state index is -4.33. The van der Waals surface area contributed by atoms with Crippen LogP contribution in [0.2, 0.25) is 0 Å². The molecule has 15 nitrogen and oxygen atoms in total. The predicted molar refractivity (Wildman–Crippen MR) is 156 cm³/mol. The molecule has 0 aromatic heterocycles. The molecule has 2 atom stereocenters. The maximum Gasteiger partial charge on any atom is 0.407 e. The number of amides is 1. The molecule has 0 radical (unpaired) electrons. The molecule has 0 bridgehead atoms. The van der Waals surface area contributed by atoms with E-state index in [4.69, 9.17) is 33.5 Å². The van der Waals surface area contributed by atoms with Crippen molar-refractivity contribution in [3.05, 3.63) is 12.2 Å². The number of carbonyl (C=O) groups is 5. The second-order valence-electron chi connectivity index (χ2n) is 11.4. The maximum absolute atomic E-state index is 13.3. The molecule has 0 aliphatic carbocycles. The summed E-state index contributed by atoms with van der Waals surface area (Å²) in [6, 6.07) is 0. The van der Waals surface area contributed by atoms with Crippen molar-refractivity contribution < 1.29 is 67.1 Å². The first kappa shape index (κ1) is 41.2. The Morgan fingerprint density at radius 3 is 1.95 bits per heavy atom. The van der Waals surface area contributed by atoms with Crippen molar-refractivity contribution in [1.29, 1.82) is 0 Å². The van der Waals surface area contributed by atoms with E-state index in [0.29, 0.717) is 0 Å². The van der Waals surface area contributed by atoms with Crippen LogP contribution in [-0.4, -0.2) is 104 Å². The summed E-state index contributed by atoms with van der Waals surface area (Å²) in [5.41, 5.74) is -3.81. The first-order chi connectivity index (χ1) is 20.2. The zero-order valence-electron chi connectivity index (χ0n) is 26.5. The molecule has 16 heteroatoms. The zero-order valence-corrected chi connectivity index (χ0v) is 27.4. The predicted octanol–water partition coefficient (Wildman–Crippen LogP) is 1.90. The van der Waals surface area contributed by atoms with Crippen LogP contribution in [0.25, 0.3) is 0 Å². The lowest BCUT2D eigenvalue weighted by Gasteiger charge is -2.41. The highest BCUT2D eigenvalue weighted by Gasteiger charge is 2.50. The number of carbonyl (C=O) groups excluding carboxylic acids is 5. The van der Waals surface area contributed by atoms with Crippen LogP contribution < -0.4 is 5.32 Å². The zero-order chi connectivity index (χ0) is 34.2. The van der Waals surface area contributed by atoms with E-state index < -0.39 is 60.6 Å². The Morgan fingerprint density at radius 1 is 0.841 bits per heavy atom. The first-order valence-electron chi connectivity index (χ1n) is 14.1. The number of hydrogen-bond donors (Lipinski definition) is 4. The molecule has 0 aromatic carbocycles. The normalized spacial score (nSPS) is 14.4. The minimum absolute atomic E-state index is 0.0101. The highest BCUT2D eigenvalue weighted by atomic mass is 31.2. The summed E-state index contributed by atoms with van der Waals surface area (Å²) >= 11 is 0. The maximum atomic E-state index is 13.3. The summed E-state index contributed by atoms with van der Waals surface area (Å²) in [5.74, 6) is -2.42. The van der Waals surface area contributed by atoms with E-state index in [1.54, 1.807) is 6.92 Å². The third kappa shape index (κ3) is 15.2. The van der Waals surface area contributed by atoms with Gasteiger partial charge in [-0.15, -0.1) is 0 Å². The molecule has 0 aliphatic rings. The number of ether oxygens (including phenoxy) is 5. The molecule has 0 rings (SSSR count). The van der Waals surface area contributed by atoms with Gasteiger partial charge in [-0.3, -0.25) is 18.9 Å². The molecule has 4 N–H and O–H groups in total. The number of hydrogen-bond acceptors (Lipinski definition) is 12.